The van der Waals surface area contributed by atoms with E-state index in [0.29, 0.717) is 11.5 Å². The molecule has 144 valence electrons. The van der Waals surface area contributed by atoms with Gasteiger partial charge in [0, 0.05) is 24.5 Å². The number of Topliss-reactive ketones (excluding diaryl/α,β-unsaturated/α-hetero) is 1. The van der Waals surface area contributed by atoms with E-state index in [1.807, 2.05) is 24.3 Å². The van der Waals surface area contributed by atoms with E-state index >= 15 is 0 Å². The average Bonchev–Trinajstić information content (AvgIpc) is 3.03. The summed E-state index contributed by atoms with van der Waals surface area (Å²) in [6.45, 7) is 7.13. The number of aromatic nitrogens is 1. The largest absolute Gasteiger partial charge is 0.448 e. The van der Waals surface area contributed by atoms with Crippen molar-refractivity contribution in [3.8, 4) is 0 Å². The van der Waals surface area contributed by atoms with E-state index in [-0.39, 0.29) is 11.5 Å². The van der Waals surface area contributed by atoms with Crippen LogP contribution in [-0.2, 0) is 16.6 Å². The summed E-state index contributed by atoms with van der Waals surface area (Å²) in [5.74, 6) is -0.896. The summed E-state index contributed by atoms with van der Waals surface area (Å²) in [6.07, 6.45) is 1.54. The number of para-hydroxylation sites is 1. The number of aryl methyl sites for hydroxylation is 1. The number of amides is 1. The molecule has 1 aromatic carbocycles. The molecule has 6 nitrogen and oxygen atoms in total. The molecule has 0 aliphatic heterocycles. The van der Waals surface area contributed by atoms with Crippen LogP contribution in [0.1, 0.15) is 66.4 Å². The summed E-state index contributed by atoms with van der Waals surface area (Å²) >= 11 is 0. The molecule has 6 heteroatoms. The zero-order chi connectivity index (χ0) is 20.1. The minimum atomic E-state index is -0.974. The van der Waals surface area contributed by atoms with Gasteiger partial charge in [-0.3, -0.25) is 9.59 Å². The fourth-order valence-electron chi connectivity index (χ4n) is 2.73. The van der Waals surface area contributed by atoms with Crippen LogP contribution in [0.4, 0.5) is 5.69 Å². The third-order valence-electron chi connectivity index (χ3n) is 4.64. The van der Waals surface area contributed by atoms with Gasteiger partial charge in [-0.1, -0.05) is 32.0 Å². The van der Waals surface area contributed by atoms with Gasteiger partial charge in [0.15, 0.2) is 11.9 Å². The Kier molecular flexibility index (Phi) is 6.55. The van der Waals surface area contributed by atoms with Gasteiger partial charge in [0.05, 0.1) is 0 Å². The first kappa shape index (κ1) is 20.4. The molecule has 0 fully saturated rings. The van der Waals surface area contributed by atoms with Crippen molar-refractivity contribution in [2.45, 2.75) is 46.1 Å². The molecule has 2 aromatic rings. The second-order valence-electron chi connectivity index (χ2n) is 6.71. The second-order valence-corrected chi connectivity index (χ2v) is 6.71. The number of benzene rings is 1. The first-order valence-electron chi connectivity index (χ1n) is 9.02. The van der Waals surface area contributed by atoms with Gasteiger partial charge in [0.1, 0.15) is 5.69 Å². The van der Waals surface area contributed by atoms with Gasteiger partial charge in [-0.25, -0.2) is 4.79 Å². The minimum absolute atomic E-state index is 0.142. The second kappa shape index (κ2) is 8.66. The summed E-state index contributed by atoms with van der Waals surface area (Å²) in [4.78, 5) is 36.3. The number of hydrogen-bond acceptors (Lipinski definition) is 4. The smallest absolute Gasteiger partial charge is 0.355 e. The van der Waals surface area contributed by atoms with Crippen LogP contribution < -0.4 is 5.32 Å². The predicted molar refractivity (Wildman–Crippen MR) is 104 cm³/mol. The Bertz CT molecular complexity index is 854. The van der Waals surface area contributed by atoms with E-state index in [1.165, 1.54) is 24.5 Å². The van der Waals surface area contributed by atoms with Crippen LogP contribution in [0.3, 0.4) is 0 Å². The molecule has 0 radical (unpaired) electrons. The fourth-order valence-corrected chi connectivity index (χ4v) is 2.73. The van der Waals surface area contributed by atoms with Crippen molar-refractivity contribution in [2.24, 2.45) is 7.05 Å². The highest BCUT2D eigenvalue weighted by Gasteiger charge is 2.23. The molecule has 27 heavy (non-hydrogen) atoms. The average molecular weight is 370 g/mol. The van der Waals surface area contributed by atoms with Crippen molar-refractivity contribution < 1.29 is 19.1 Å². The van der Waals surface area contributed by atoms with Gasteiger partial charge in [-0.05, 0) is 43.9 Å². The Hall–Kier alpha value is -2.89. The number of nitrogens with one attached hydrogen (secondary N) is 1. The lowest BCUT2D eigenvalue weighted by atomic mass is 9.97. The molecule has 2 rings (SSSR count). The lowest BCUT2D eigenvalue weighted by molar-refractivity contribution is -0.123. The molecular formula is C21H26N2O4. The van der Waals surface area contributed by atoms with Gasteiger partial charge in [-0.15, -0.1) is 0 Å². The van der Waals surface area contributed by atoms with Crippen LogP contribution in [0.25, 0.3) is 0 Å². The molecule has 1 amide bonds. The molecule has 0 unspecified atom stereocenters. The maximum absolute atomic E-state index is 12.5. The van der Waals surface area contributed by atoms with E-state index in [1.54, 1.807) is 13.2 Å². The van der Waals surface area contributed by atoms with Gasteiger partial charge in [-0.2, -0.15) is 0 Å². The highest BCUT2D eigenvalue weighted by molar-refractivity contribution is 5.99. The van der Waals surface area contributed by atoms with Gasteiger partial charge < -0.3 is 14.6 Å². The summed E-state index contributed by atoms with van der Waals surface area (Å²) in [5.41, 5.74) is 2.40. The quantitative estimate of drug-likeness (QED) is 0.592. The first-order valence-corrected chi connectivity index (χ1v) is 9.02. The number of hydrogen-bond donors (Lipinski definition) is 1. The van der Waals surface area contributed by atoms with Crippen LogP contribution >= 0.6 is 0 Å². The molecule has 1 heterocycles. The Morgan fingerprint density at radius 2 is 1.85 bits per heavy atom. The lowest BCUT2D eigenvalue weighted by Crippen LogP contribution is -2.30. The zero-order valence-corrected chi connectivity index (χ0v) is 16.4. The number of anilines is 1. The van der Waals surface area contributed by atoms with E-state index in [9.17, 15) is 14.4 Å². The minimum Gasteiger partial charge on any atom is -0.448 e. The van der Waals surface area contributed by atoms with Crippen LogP contribution in [-0.4, -0.2) is 28.3 Å². The van der Waals surface area contributed by atoms with E-state index in [0.717, 1.165) is 17.7 Å². The summed E-state index contributed by atoms with van der Waals surface area (Å²) < 4.78 is 6.80. The number of nitrogens with zero attached hydrogens (tertiary/aromatic N) is 1. The third kappa shape index (κ3) is 4.84. The number of ketones is 1. The Balaban J connectivity index is 2.08. The predicted octanol–water partition coefficient (Wildman–Crippen LogP) is 3.93. The highest BCUT2D eigenvalue weighted by Crippen LogP contribution is 2.26. The van der Waals surface area contributed by atoms with Crippen molar-refractivity contribution in [1.82, 2.24) is 4.57 Å². The third-order valence-corrected chi connectivity index (χ3v) is 4.64. The maximum atomic E-state index is 12.5. The van der Waals surface area contributed by atoms with E-state index in [2.05, 4.69) is 19.2 Å². The van der Waals surface area contributed by atoms with Crippen molar-refractivity contribution >= 4 is 23.3 Å². The standard InChI is InChI=1S/C21H26N2O4/c1-6-13(2)17-9-7-8-10-18(17)22-20(25)15(4)27-21(26)19-11-16(14(3)24)12-23(19)5/h7-13,15H,6H2,1-5H3,(H,22,25)/t13-,15-/m0/s1. The lowest BCUT2D eigenvalue weighted by Gasteiger charge is -2.18. The normalized spacial score (nSPS) is 12.9. The van der Waals surface area contributed by atoms with E-state index in [4.69, 9.17) is 4.74 Å². The Morgan fingerprint density at radius 1 is 1.19 bits per heavy atom. The number of rotatable bonds is 7. The molecule has 0 bridgehead atoms. The van der Waals surface area contributed by atoms with Gasteiger partial charge in [0.25, 0.3) is 5.91 Å². The SMILES string of the molecule is CC[C@H](C)c1ccccc1NC(=O)[C@H](C)OC(=O)c1cc(C(C)=O)cn1C. The monoisotopic (exact) mass is 370 g/mol. The molecular weight excluding hydrogens is 344 g/mol. The van der Waals surface area contributed by atoms with Crippen molar-refractivity contribution in [1.29, 1.82) is 0 Å². The van der Waals surface area contributed by atoms with Crippen molar-refractivity contribution in [3.05, 3.63) is 53.3 Å². The molecule has 1 N–H and O–H groups in total. The topological polar surface area (TPSA) is 77.4 Å². The van der Waals surface area contributed by atoms with Gasteiger partial charge >= 0.3 is 5.97 Å². The summed E-state index contributed by atoms with van der Waals surface area (Å²) in [6, 6.07) is 9.07. The highest BCUT2D eigenvalue weighted by atomic mass is 16.5. The Labute approximate surface area is 159 Å². The molecule has 0 aliphatic carbocycles. The Morgan fingerprint density at radius 3 is 2.44 bits per heavy atom. The number of carbonyl (C=O) groups is 3. The van der Waals surface area contributed by atoms with Crippen molar-refractivity contribution in [3.63, 3.8) is 0 Å². The van der Waals surface area contributed by atoms with E-state index < -0.39 is 18.0 Å². The summed E-state index contributed by atoms with van der Waals surface area (Å²) in [7, 11) is 1.65. The molecule has 0 saturated heterocycles. The van der Waals surface area contributed by atoms with Gasteiger partial charge in [0.2, 0.25) is 0 Å². The molecule has 0 spiro atoms. The first-order chi connectivity index (χ1) is 12.7. The van der Waals surface area contributed by atoms with Crippen LogP contribution in [0.2, 0.25) is 0 Å². The number of ether oxygens (including phenoxy) is 1. The van der Waals surface area contributed by atoms with Crippen molar-refractivity contribution in [2.75, 3.05) is 5.32 Å². The molecule has 0 aliphatic rings. The number of esters is 1. The van der Waals surface area contributed by atoms with Crippen LogP contribution in [0, 0.1) is 0 Å². The fraction of sp³-hybridized carbons (Fsp3) is 0.381. The molecule has 0 saturated carbocycles. The number of carbonyl (C=O) groups excluding carboxylic acids is 3. The summed E-state index contributed by atoms with van der Waals surface area (Å²) in [5, 5.41) is 2.84. The maximum Gasteiger partial charge on any atom is 0.355 e. The van der Waals surface area contributed by atoms with Crippen LogP contribution in [0.15, 0.2) is 36.5 Å². The zero-order valence-electron chi connectivity index (χ0n) is 16.4. The molecule has 1 aromatic heterocycles. The molecule has 2 atom stereocenters. The van der Waals surface area contributed by atoms with Crippen LogP contribution in [0.5, 0.6) is 0 Å².